The molecular formula is C30H34ClN9O4S. The van der Waals surface area contributed by atoms with Gasteiger partial charge in [-0.3, -0.25) is 24.6 Å². The number of benzene rings is 1. The van der Waals surface area contributed by atoms with Crippen molar-refractivity contribution in [3.63, 3.8) is 0 Å². The third kappa shape index (κ3) is 8.16. The van der Waals surface area contributed by atoms with Crippen LogP contribution < -0.4 is 27.0 Å². The molecule has 236 valence electrons. The normalized spacial score (nSPS) is 10.8. The summed E-state index contributed by atoms with van der Waals surface area (Å²) < 4.78 is 1.56. The number of nitrogens with zero attached hydrogens (tertiary/aromatic N) is 1. The number of rotatable bonds is 13. The lowest BCUT2D eigenvalue weighted by Crippen LogP contribution is -2.28. The Morgan fingerprint density at radius 3 is 2.11 bits per heavy atom. The number of aromatic amines is 2. The molecular weight excluding hydrogens is 618 g/mol. The maximum absolute atomic E-state index is 13.1. The number of carbonyl (C=O) groups excluding carboxylic acids is 4. The van der Waals surface area contributed by atoms with Crippen molar-refractivity contribution < 1.29 is 19.2 Å². The molecule has 1 aromatic carbocycles. The quantitative estimate of drug-likeness (QED) is 0.0454. The average Bonchev–Trinajstić information content (AvgIpc) is 3.68. The molecule has 0 saturated carbocycles. The van der Waals surface area contributed by atoms with Gasteiger partial charge in [0.15, 0.2) is 0 Å². The lowest BCUT2D eigenvalue weighted by Gasteiger charge is -2.07. The molecule has 0 aliphatic rings. The molecule has 13 nitrogen and oxygen atoms in total. The first kappa shape index (κ1) is 33.0. The van der Waals surface area contributed by atoms with Crippen LogP contribution in [-0.4, -0.2) is 62.2 Å². The monoisotopic (exact) mass is 651 g/mol. The number of hydrogen-bond acceptors (Lipinski definition) is 6. The van der Waals surface area contributed by atoms with Gasteiger partial charge in [0.1, 0.15) is 17.1 Å². The first-order valence-electron chi connectivity index (χ1n) is 13.8. The van der Waals surface area contributed by atoms with E-state index in [0.717, 1.165) is 10.6 Å². The summed E-state index contributed by atoms with van der Waals surface area (Å²) in [6.07, 6.45) is 4.89. The highest BCUT2D eigenvalue weighted by molar-refractivity contribution is 7.99. The zero-order chi connectivity index (χ0) is 32.7. The SMILES string of the molecule is Cc1c(NC(=O)c2ccc(SCCCl)cc2)c[nH]c1C(=O)Nc1cc(C(=O)Nc2c[nH]c(C(=O)NCCC(=N)N)c2C)n(C)c1. The largest absolute Gasteiger partial charge is 0.388 e. The lowest BCUT2D eigenvalue weighted by atomic mass is 10.2. The Morgan fingerprint density at radius 1 is 0.911 bits per heavy atom. The second kappa shape index (κ2) is 14.7. The molecule has 4 amide bonds. The number of carbonyl (C=O) groups is 4. The molecule has 4 rings (SSSR count). The van der Waals surface area contributed by atoms with Crippen LogP contribution in [0.25, 0.3) is 0 Å². The Hall–Kier alpha value is -4.95. The minimum absolute atomic E-state index is 0.0304. The van der Waals surface area contributed by atoms with Crippen molar-refractivity contribution in [1.29, 1.82) is 5.41 Å². The highest BCUT2D eigenvalue weighted by atomic mass is 35.5. The van der Waals surface area contributed by atoms with Gasteiger partial charge in [0.25, 0.3) is 23.6 Å². The Morgan fingerprint density at radius 2 is 1.51 bits per heavy atom. The van der Waals surface area contributed by atoms with E-state index in [9.17, 15) is 19.2 Å². The Labute approximate surface area is 268 Å². The molecule has 0 aliphatic heterocycles. The van der Waals surface area contributed by atoms with Gasteiger partial charge in [-0.25, -0.2) is 0 Å². The van der Waals surface area contributed by atoms with Crippen molar-refractivity contribution >= 4 is 69.9 Å². The van der Waals surface area contributed by atoms with Crippen LogP contribution in [0.2, 0.25) is 0 Å². The van der Waals surface area contributed by atoms with Gasteiger partial charge >= 0.3 is 0 Å². The highest BCUT2D eigenvalue weighted by Gasteiger charge is 2.21. The van der Waals surface area contributed by atoms with Crippen molar-refractivity contribution in [2.45, 2.75) is 25.2 Å². The minimum Gasteiger partial charge on any atom is -0.388 e. The van der Waals surface area contributed by atoms with E-state index in [0.29, 0.717) is 39.6 Å². The number of aromatic nitrogens is 3. The summed E-state index contributed by atoms with van der Waals surface area (Å²) in [5, 5.41) is 18.3. The number of anilines is 3. The standard InChI is InChI=1S/C30H34ClN9O4S/c1-16-22(14-35-25(16)29(43)34-10-8-24(32)33)39-28(42)23-12-19(15-40(23)3)37-30(44)26-17(2)21(13-36-26)38-27(41)18-4-6-20(7-5-18)45-11-9-31/h4-7,12-15,35-36H,8-11H2,1-3H3,(H3,32,33)(H,34,43)(H,37,44)(H,38,41)(H,39,42). The summed E-state index contributed by atoms with van der Waals surface area (Å²) in [6.45, 7) is 3.62. The number of hydrogen-bond donors (Lipinski definition) is 8. The van der Waals surface area contributed by atoms with Crippen LogP contribution >= 0.6 is 23.4 Å². The van der Waals surface area contributed by atoms with Gasteiger partial charge in [0.2, 0.25) is 0 Å². The van der Waals surface area contributed by atoms with Crippen LogP contribution in [-0.2, 0) is 7.05 Å². The molecule has 3 heterocycles. The maximum atomic E-state index is 13.1. The number of nitrogens with two attached hydrogens (primary N) is 1. The smallest absolute Gasteiger partial charge is 0.272 e. The van der Waals surface area contributed by atoms with Crippen LogP contribution in [0.4, 0.5) is 17.1 Å². The van der Waals surface area contributed by atoms with Crippen molar-refractivity contribution in [3.05, 3.63) is 82.7 Å². The summed E-state index contributed by atoms with van der Waals surface area (Å²) in [5.74, 6) is -0.305. The molecule has 0 spiro atoms. The summed E-state index contributed by atoms with van der Waals surface area (Å²) in [4.78, 5) is 58.2. The number of amidine groups is 1. The first-order chi connectivity index (χ1) is 21.5. The Kier molecular flexibility index (Phi) is 10.8. The van der Waals surface area contributed by atoms with Gasteiger partial charge in [0, 0.05) is 71.8 Å². The van der Waals surface area contributed by atoms with E-state index in [4.69, 9.17) is 22.7 Å². The van der Waals surface area contributed by atoms with Gasteiger partial charge in [-0.2, -0.15) is 0 Å². The number of alkyl halides is 1. The third-order valence-electron chi connectivity index (χ3n) is 6.87. The van der Waals surface area contributed by atoms with Crippen LogP contribution in [0.3, 0.4) is 0 Å². The van der Waals surface area contributed by atoms with E-state index >= 15 is 0 Å². The fraction of sp³-hybridized carbons (Fsp3) is 0.233. The Balaban J connectivity index is 1.37. The van der Waals surface area contributed by atoms with Gasteiger partial charge in [-0.1, -0.05) is 0 Å². The van der Waals surface area contributed by atoms with Gasteiger partial charge in [0.05, 0.1) is 22.9 Å². The molecule has 0 unspecified atom stereocenters. The van der Waals surface area contributed by atoms with Crippen molar-refractivity contribution in [1.82, 2.24) is 19.9 Å². The zero-order valence-corrected chi connectivity index (χ0v) is 26.5. The van der Waals surface area contributed by atoms with Crippen LogP contribution in [0.5, 0.6) is 0 Å². The van der Waals surface area contributed by atoms with Gasteiger partial charge < -0.3 is 41.5 Å². The number of nitrogens with one attached hydrogen (secondary N) is 7. The van der Waals surface area contributed by atoms with Crippen LogP contribution in [0.15, 0.2) is 53.8 Å². The summed E-state index contributed by atoms with van der Waals surface area (Å²) >= 11 is 7.34. The average molecular weight is 652 g/mol. The number of aryl methyl sites for hydroxylation is 1. The van der Waals surface area contributed by atoms with Gasteiger partial charge in [-0.15, -0.1) is 23.4 Å². The molecule has 0 bridgehead atoms. The van der Waals surface area contributed by atoms with Gasteiger partial charge in [-0.05, 0) is 44.2 Å². The fourth-order valence-electron chi connectivity index (χ4n) is 4.41. The summed E-state index contributed by atoms with van der Waals surface area (Å²) in [7, 11) is 1.67. The zero-order valence-electron chi connectivity index (χ0n) is 24.9. The van der Waals surface area contributed by atoms with Crippen LogP contribution in [0.1, 0.15) is 59.4 Å². The van der Waals surface area contributed by atoms with E-state index in [1.807, 2.05) is 12.1 Å². The first-order valence-corrected chi connectivity index (χ1v) is 15.4. The summed E-state index contributed by atoms with van der Waals surface area (Å²) in [6, 6.07) is 8.71. The number of halogens is 1. The predicted molar refractivity (Wildman–Crippen MR) is 177 cm³/mol. The highest BCUT2D eigenvalue weighted by Crippen LogP contribution is 2.24. The van der Waals surface area contributed by atoms with Crippen LogP contribution in [0, 0.1) is 19.3 Å². The molecule has 3 aromatic heterocycles. The van der Waals surface area contributed by atoms with E-state index in [1.54, 1.807) is 61.8 Å². The van der Waals surface area contributed by atoms with E-state index in [2.05, 4.69) is 31.2 Å². The van der Waals surface area contributed by atoms with Crippen molar-refractivity contribution in [2.75, 3.05) is 34.1 Å². The molecule has 0 atom stereocenters. The van der Waals surface area contributed by atoms with E-state index < -0.39 is 11.8 Å². The minimum atomic E-state index is -0.451. The molecule has 0 radical (unpaired) electrons. The molecule has 45 heavy (non-hydrogen) atoms. The Bertz CT molecular complexity index is 1740. The van der Waals surface area contributed by atoms with E-state index in [1.165, 1.54) is 12.3 Å². The fourth-order valence-corrected chi connectivity index (χ4v) is 5.29. The number of amides is 4. The lowest BCUT2D eigenvalue weighted by molar-refractivity contribution is 0.0947. The third-order valence-corrected chi connectivity index (χ3v) is 8.29. The maximum Gasteiger partial charge on any atom is 0.272 e. The number of H-pyrrole nitrogens is 2. The molecule has 0 aliphatic carbocycles. The van der Waals surface area contributed by atoms with Crippen molar-refractivity contribution in [2.24, 2.45) is 12.8 Å². The number of thioether (sulfide) groups is 1. The topological polar surface area (TPSA) is 203 Å². The molecule has 9 N–H and O–H groups in total. The van der Waals surface area contributed by atoms with E-state index in [-0.39, 0.29) is 47.7 Å². The second-order valence-electron chi connectivity index (χ2n) is 10.1. The predicted octanol–water partition coefficient (Wildman–Crippen LogP) is 4.44. The molecule has 15 heteroatoms. The summed E-state index contributed by atoms with van der Waals surface area (Å²) in [5.41, 5.74) is 8.95. The molecule has 0 fully saturated rings. The van der Waals surface area contributed by atoms with Crippen molar-refractivity contribution in [3.8, 4) is 0 Å². The molecule has 4 aromatic rings. The second-order valence-corrected chi connectivity index (χ2v) is 11.6. The molecule has 0 saturated heterocycles.